The first-order valence-electron chi connectivity index (χ1n) is 6.05. The van der Waals surface area contributed by atoms with Gasteiger partial charge in [-0.1, -0.05) is 30.3 Å². The number of amides is 1. The summed E-state index contributed by atoms with van der Waals surface area (Å²) in [7, 11) is 0. The molecule has 0 aliphatic carbocycles. The summed E-state index contributed by atoms with van der Waals surface area (Å²) >= 11 is 0. The van der Waals surface area contributed by atoms with Crippen LogP contribution >= 0.6 is 0 Å². The molecular formula is C13H18N2O5. The average Bonchev–Trinajstić information content (AvgIpc) is 2.44. The first-order chi connectivity index (χ1) is 9.41. The minimum absolute atomic E-state index is 0.0838. The number of aliphatic hydroxyl groups is 1. The van der Waals surface area contributed by atoms with E-state index in [4.69, 9.17) is 15.6 Å². The molecule has 0 saturated heterocycles. The van der Waals surface area contributed by atoms with Gasteiger partial charge in [-0.05, 0) is 12.5 Å². The first-order valence-corrected chi connectivity index (χ1v) is 6.05. The largest absolute Gasteiger partial charge is 0.480 e. The summed E-state index contributed by atoms with van der Waals surface area (Å²) < 4.78 is 4.94. The van der Waals surface area contributed by atoms with Crippen LogP contribution in [0.25, 0.3) is 0 Å². The van der Waals surface area contributed by atoms with Crippen LogP contribution in [0.2, 0.25) is 0 Å². The number of carbonyl (C=O) groups is 2. The van der Waals surface area contributed by atoms with Crippen molar-refractivity contribution in [1.82, 2.24) is 5.32 Å². The fourth-order valence-electron chi connectivity index (χ4n) is 1.49. The maximum Gasteiger partial charge on any atom is 0.407 e. The summed E-state index contributed by atoms with van der Waals surface area (Å²) in [4.78, 5) is 22.1. The van der Waals surface area contributed by atoms with Crippen molar-refractivity contribution in [3.05, 3.63) is 35.9 Å². The molecule has 0 bridgehead atoms. The van der Waals surface area contributed by atoms with Crippen molar-refractivity contribution in [2.75, 3.05) is 0 Å². The van der Waals surface area contributed by atoms with Gasteiger partial charge in [-0.2, -0.15) is 0 Å². The van der Waals surface area contributed by atoms with E-state index in [-0.39, 0.29) is 6.61 Å². The smallest absolute Gasteiger partial charge is 0.407 e. The fraction of sp³-hybridized carbons (Fsp3) is 0.385. The summed E-state index contributed by atoms with van der Waals surface area (Å²) in [5.74, 6) is -1.34. The molecule has 0 heterocycles. The number of benzene rings is 1. The van der Waals surface area contributed by atoms with Crippen molar-refractivity contribution in [3.8, 4) is 0 Å². The van der Waals surface area contributed by atoms with Crippen LogP contribution in [-0.2, 0) is 16.1 Å². The van der Waals surface area contributed by atoms with Gasteiger partial charge in [0.05, 0.1) is 12.1 Å². The van der Waals surface area contributed by atoms with Crippen LogP contribution in [0.3, 0.4) is 0 Å². The number of aliphatic carboxylic acids is 1. The summed E-state index contributed by atoms with van der Waals surface area (Å²) in [5.41, 5.74) is 6.08. The van der Waals surface area contributed by atoms with Crippen molar-refractivity contribution in [3.63, 3.8) is 0 Å². The molecule has 0 saturated carbocycles. The minimum atomic E-state index is -1.47. The lowest BCUT2D eigenvalue weighted by atomic mass is 10.1. The lowest BCUT2D eigenvalue weighted by molar-refractivity contribution is -0.141. The molecule has 3 atom stereocenters. The predicted molar refractivity (Wildman–Crippen MR) is 70.8 cm³/mol. The third-order valence-corrected chi connectivity index (χ3v) is 2.72. The molecule has 0 aliphatic rings. The third kappa shape index (κ3) is 4.87. The number of carboxylic acid groups (broad SMARTS) is 1. The molecule has 0 fully saturated rings. The highest BCUT2D eigenvalue weighted by atomic mass is 16.5. The number of aliphatic hydroxyl groups excluding tert-OH is 1. The van der Waals surface area contributed by atoms with E-state index < -0.39 is 30.3 Å². The van der Waals surface area contributed by atoms with Crippen LogP contribution in [0, 0.1) is 0 Å². The molecule has 20 heavy (non-hydrogen) atoms. The van der Waals surface area contributed by atoms with E-state index in [0.717, 1.165) is 5.56 Å². The van der Waals surface area contributed by atoms with Crippen LogP contribution in [0.1, 0.15) is 12.5 Å². The van der Waals surface area contributed by atoms with Gasteiger partial charge in [-0.25, -0.2) is 4.79 Å². The number of nitrogens with one attached hydrogen (secondary N) is 1. The molecular weight excluding hydrogens is 264 g/mol. The Bertz CT molecular complexity index is 451. The maximum atomic E-state index is 11.5. The molecule has 7 nitrogen and oxygen atoms in total. The van der Waals surface area contributed by atoms with Gasteiger partial charge in [0.1, 0.15) is 12.6 Å². The molecule has 0 unspecified atom stereocenters. The first kappa shape index (κ1) is 15.9. The molecule has 0 spiro atoms. The van der Waals surface area contributed by atoms with Gasteiger partial charge in [0.2, 0.25) is 0 Å². The minimum Gasteiger partial charge on any atom is -0.480 e. The molecule has 0 aliphatic heterocycles. The van der Waals surface area contributed by atoms with E-state index in [1.807, 2.05) is 18.2 Å². The Hall–Kier alpha value is -2.12. The number of carbonyl (C=O) groups excluding carboxylic acids is 1. The Morgan fingerprint density at radius 1 is 1.35 bits per heavy atom. The fourth-order valence-corrected chi connectivity index (χ4v) is 1.49. The SMILES string of the molecule is C[C@H](NC(=O)OCc1ccccc1)[C@@H](O)[C@H](N)C(=O)O. The number of rotatable bonds is 6. The summed E-state index contributed by atoms with van der Waals surface area (Å²) in [6.45, 7) is 1.53. The van der Waals surface area contributed by atoms with E-state index in [2.05, 4.69) is 5.32 Å². The molecule has 5 N–H and O–H groups in total. The number of hydrogen-bond donors (Lipinski definition) is 4. The predicted octanol–water partition coefficient (Wildman–Crippen LogP) is 0.0741. The Labute approximate surface area is 116 Å². The second-order valence-electron chi connectivity index (χ2n) is 4.35. The molecule has 1 aromatic rings. The zero-order chi connectivity index (χ0) is 15.1. The summed E-state index contributed by atoms with van der Waals surface area (Å²) in [6.07, 6.45) is -2.16. The van der Waals surface area contributed by atoms with Crippen LogP contribution < -0.4 is 11.1 Å². The molecule has 1 rings (SSSR count). The standard InChI is InChI=1S/C13H18N2O5/c1-8(11(16)10(14)12(17)18)15-13(19)20-7-9-5-3-2-4-6-9/h2-6,8,10-11,16H,7,14H2,1H3,(H,15,19)(H,17,18)/t8-,10-,11+/m0/s1. The Morgan fingerprint density at radius 2 is 1.95 bits per heavy atom. The monoisotopic (exact) mass is 282 g/mol. The van der Waals surface area contributed by atoms with E-state index in [1.165, 1.54) is 6.92 Å². The molecule has 0 aromatic heterocycles. The van der Waals surface area contributed by atoms with Crippen LogP contribution in [0.15, 0.2) is 30.3 Å². The van der Waals surface area contributed by atoms with Gasteiger partial charge >= 0.3 is 12.1 Å². The van der Waals surface area contributed by atoms with Gasteiger partial charge in [-0.15, -0.1) is 0 Å². The zero-order valence-corrected chi connectivity index (χ0v) is 11.0. The highest BCUT2D eigenvalue weighted by Gasteiger charge is 2.28. The summed E-state index contributed by atoms with van der Waals surface area (Å²) in [5, 5.41) is 20.6. The van der Waals surface area contributed by atoms with E-state index in [9.17, 15) is 14.7 Å². The topological polar surface area (TPSA) is 122 Å². The number of hydrogen-bond acceptors (Lipinski definition) is 5. The highest BCUT2D eigenvalue weighted by Crippen LogP contribution is 2.02. The maximum absolute atomic E-state index is 11.5. The van der Waals surface area contributed by atoms with Gasteiger partial charge in [0.15, 0.2) is 0 Å². The quantitative estimate of drug-likeness (QED) is 0.586. The second kappa shape index (κ2) is 7.46. The van der Waals surface area contributed by atoms with Crippen molar-refractivity contribution in [2.45, 2.75) is 31.7 Å². The molecule has 0 radical (unpaired) electrons. The van der Waals surface area contributed by atoms with Gasteiger partial charge in [-0.3, -0.25) is 4.79 Å². The second-order valence-corrected chi connectivity index (χ2v) is 4.35. The van der Waals surface area contributed by atoms with Crippen molar-refractivity contribution in [1.29, 1.82) is 0 Å². The Morgan fingerprint density at radius 3 is 2.50 bits per heavy atom. The van der Waals surface area contributed by atoms with E-state index >= 15 is 0 Å². The number of carboxylic acids is 1. The lowest BCUT2D eigenvalue weighted by Gasteiger charge is -2.22. The molecule has 7 heteroatoms. The highest BCUT2D eigenvalue weighted by molar-refractivity contribution is 5.74. The lowest BCUT2D eigenvalue weighted by Crippen LogP contribution is -2.53. The van der Waals surface area contributed by atoms with Gasteiger partial charge in [0, 0.05) is 0 Å². The number of alkyl carbamates (subject to hydrolysis) is 1. The van der Waals surface area contributed by atoms with Gasteiger partial charge in [0.25, 0.3) is 0 Å². The zero-order valence-electron chi connectivity index (χ0n) is 11.0. The van der Waals surface area contributed by atoms with E-state index in [0.29, 0.717) is 0 Å². The molecule has 1 aromatic carbocycles. The van der Waals surface area contributed by atoms with Crippen LogP contribution in [0.4, 0.5) is 4.79 Å². The van der Waals surface area contributed by atoms with Crippen LogP contribution in [-0.4, -0.2) is 40.5 Å². The Balaban J connectivity index is 2.40. The van der Waals surface area contributed by atoms with Crippen molar-refractivity contribution >= 4 is 12.1 Å². The number of ether oxygens (including phenoxy) is 1. The van der Waals surface area contributed by atoms with Crippen molar-refractivity contribution < 1.29 is 24.5 Å². The average molecular weight is 282 g/mol. The normalized spacial score (nSPS) is 14.9. The summed E-state index contributed by atoms with van der Waals surface area (Å²) in [6, 6.07) is 6.75. The van der Waals surface area contributed by atoms with Crippen LogP contribution in [0.5, 0.6) is 0 Å². The third-order valence-electron chi connectivity index (χ3n) is 2.72. The van der Waals surface area contributed by atoms with Crippen molar-refractivity contribution in [2.24, 2.45) is 5.73 Å². The van der Waals surface area contributed by atoms with E-state index in [1.54, 1.807) is 12.1 Å². The molecule has 1 amide bonds. The van der Waals surface area contributed by atoms with Gasteiger partial charge < -0.3 is 26.0 Å². The number of nitrogens with two attached hydrogens (primary N) is 1. The Kier molecular flexibility index (Phi) is 5.95. The molecule has 110 valence electrons.